The van der Waals surface area contributed by atoms with E-state index in [4.69, 9.17) is 21.9 Å². The van der Waals surface area contributed by atoms with Gasteiger partial charge in [0.1, 0.15) is 5.56 Å². The number of nitrogens with two attached hydrogens (primary N) is 1. The second-order valence-electron chi connectivity index (χ2n) is 3.99. The van der Waals surface area contributed by atoms with E-state index in [2.05, 4.69) is 10.1 Å². The summed E-state index contributed by atoms with van der Waals surface area (Å²) in [7, 11) is 0. The predicted octanol–water partition coefficient (Wildman–Crippen LogP) is 2.36. The summed E-state index contributed by atoms with van der Waals surface area (Å²) in [4.78, 5) is 14.5. The van der Waals surface area contributed by atoms with Gasteiger partial charge in [0.15, 0.2) is 5.82 Å². The number of halogens is 1. The molecular weight excluding hydrogens is 272 g/mol. The lowest BCUT2D eigenvalue weighted by molar-refractivity contribution is -0.384. The van der Waals surface area contributed by atoms with Crippen molar-refractivity contribution < 1.29 is 9.45 Å². The third-order valence-electron chi connectivity index (χ3n) is 2.64. The van der Waals surface area contributed by atoms with Crippen LogP contribution < -0.4 is 5.73 Å². The van der Waals surface area contributed by atoms with Crippen LogP contribution in [0.1, 0.15) is 18.7 Å². The monoisotopic (exact) mass is 282 g/mol. The van der Waals surface area contributed by atoms with E-state index >= 15 is 0 Å². The summed E-state index contributed by atoms with van der Waals surface area (Å²) < 4.78 is 5.04. The van der Waals surface area contributed by atoms with Crippen LogP contribution in [0.15, 0.2) is 22.7 Å². The summed E-state index contributed by atoms with van der Waals surface area (Å²) in [6.07, 6.45) is 0. The Bertz CT molecular complexity index is 614. The quantitative estimate of drug-likeness (QED) is 0.681. The summed E-state index contributed by atoms with van der Waals surface area (Å²) >= 11 is 5.97. The largest absolute Gasteiger partial charge is 0.334 e. The molecule has 100 valence electrons. The molecule has 2 aromatic rings. The summed E-state index contributed by atoms with van der Waals surface area (Å²) in [6, 6.07) is 4.35. The number of nitro benzene ring substituents is 1. The Morgan fingerprint density at radius 3 is 2.95 bits per heavy atom. The molecule has 0 aliphatic carbocycles. The van der Waals surface area contributed by atoms with Gasteiger partial charge in [-0.05, 0) is 6.07 Å². The lowest BCUT2D eigenvalue weighted by Gasteiger charge is -2.00. The van der Waals surface area contributed by atoms with Gasteiger partial charge in [-0.2, -0.15) is 4.98 Å². The average molecular weight is 283 g/mol. The first-order chi connectivity index (χ1) is 9.04. The number of benzene rings is 1. The third-order valence-corrected chi connectivity index (χ3v) is 2.95. The molecule has 7 nitrogen and oxygen atoms in total. The van der Waals surface area contributed by atoms with Crippen LogP contribution in [-0.2, 0) is 0 Å². The molecule has 0 fully saturated rings. The van der Waals surface area contributed by atoms with E-state index < -0.39 is 4.92 Å². The Morgan fingerprint density at radius 1 is 1.58 bits per heavy atom. The molecule has 0 aliphatic heterocycles. The van der Waals surface area contributed by atoms with Gasteiger partial charge in [-0.15, -0.1) is 0 Å². The Morgan fingerprint density at radius 2 is 2.32 bits per heavy atom. The first-order valence-corrected chi connectivity index (χ1v) is 5.89. The molecule has 1 heterocycles. The predicted molar refractivity (Wildman–Crippen MR) is 68.9 cm³/mol. The van der Waals surface area contributed by atoms with Gasteiger partial charge in [-0.3, -0.25) is 10.1 Å². The van der Waals surface area contributed by atoms with Crippen molar-refractivity contribution in [2.45, 2.75) is 12.8 Å². The van der Waals surface area contributed by atoms with E-state index in [1.807, 2.05) is 6.92 Å². The molecule has 19 heavy (non-hydrogen) atoms. The molecule has 0 amide bonds. The summed E-state index contributed by atoms with van der Waals surface area (Å²) in [5.41, 5.74) is 5.45. The maximum atomic E-state index is 11.0. The molecule has 0 saturated carbocycles. The second-order valence-corrected chi connectivity index (χ2v) is 4.39. The number of hydrogen-bond acceptors (Lipinski definition) is 6. The van der Waals surface area contributed by atoms with Gasteiger partial charge in [0, 0.05) is 18.5 Å². The van der Waals surface area contributed by atoms with Crippen LogP contribution >= 0.6 is 11.6 Å². The van der Waals surface area contributed by atoms with Crippen molar-refractivity contribution in [3.8, 4) is 11.5 Å². The molecule has 0 radical (unpaired) electrons. The van der Waals surface area contributed by atoms with E-state index in [1.54, 1.807) is 0 Å². The SMILES string of the molecule is CC(CN)c1noc(-c2c(Cl)cccc2[N+](=O)[O-])n1. The zero-order valence-corrected chi connectivity index (χ0v) is 10.8. The van der Waals surface area contributed by atoms with Gasteiger partial charge in [0.25, 0.3) is 11.6 Å². The van der Waals surface area contributed by atoms with Gasteiger partial charge >= 0.3 is 0 Å². The Balaban J connectivity index is 2.53. The summed E-state index contributed by atoms with van der Waals surface area (Å²) in [6.45, 7) is 2.18. The van der Waals surface area contributed by atoms with Crippen LogP contribution in [0, 0.1) is 10.1 Å². The van der Waals surface area contributed by atoms with E-state index in [9.17, 15) is 10.1 Å². The van der Waals surface area contributed by atoms with Gasteiger partial charge in [0.05, 0.1) is 9.95 Å². The van der Waals surface area contributed by atoms with Crippen LogP contribution in [0.5, 0.6) is 0 Å². The van der Waals surface area contributed by atoms with Crippen molar-refractivity contribution in [2.24, 2.45) is 5.73 Å². The molecule has 1 aromatic heterocycles. The van der Waals surface area contributed by atoms with Crippen molar-refractivity contribution in [3.63, 3.8) is 0 Å². The van der Waals surface area contributed by atoms with Crippen LogP contribution in [0.4, 0.5) is 5.69 Å². The molecule has 1 atom stereocenters. The fourth-order valence-electron chi connectivity index (χ4n) is 1.52. The highest BCUT2D eigenvalue weighted by Crippen LogP contribution is 2.35. The van der Waals surface area contributed by atoms with E-state index in [-0.39, 0.29) is 28.1 Å². The lowest BCUT2D eigenvalue weighted by atomic mass is 10.1. The highest BCUT2D eigenvalue weighted by Gasteiger charge is 2.24. The van der Waals surface area contributed by atoms with Crippen LogP contribution in [-0.4, -0.2) is 21.6 Å². The lowest BCUT2D eigenvalue weighted by Crippen LogP contribution is -2.10. The fraction of sp³-hybridized carbons (Fsp3) is 0.273. The smallest absolute Gasteiger partial charge is 0.283 e. The number of nitro groups is 1. The third kappa shape index (κ3) is 2.56. The summed E-state index contributed by atoms with van der Waals surface area (Å²) in [5, 5.41) is 14.9. The Kier molecular flexibility index (Phi) is 3.77. The van der Waals surface area contributed by atoms with Crippen molar-refractivity contribution >= 4 is 17.3 Å². The zero-order valence-electron chi connectivity index (χ0n) is 10.0. The fourth-order valence-corrected chi connectivity index (χ4v) is 1.77. The van der Waals surface area contributed by atoms with Crippen LogP contribution in [0.2, 0.25) is 5.02 Å². The average Bonchev–Trinajstić information content (AvgIpc) is 2.86. The first kappa shape index (κ1) is 13.4. The molecule has 0 saturated heterocycles. The van der Waals surface area contributed by atoms with E-state index in [1.165, 1.54) is 18.2 Å². The first-order valence-electron chi connectivity index (χ1n) is 5.51. The van der Waals surface area contributed by atoms with Gasteiger partial charge in [-0.1, -0.05) is 29.7 Å². The van der Waals surface area contributed by atoms with Crippen molar-refractivity contribution in [2.75, 3.05) is 6.54 Å². The van der Waals surface area contributed by atoms with Crippen LogP contribution in [0.25, 0.3) is 11.5 Å². The minimum Gasteiger partial charge on any atom is -0.334 e. The Labute approximate surface area is 113 Å². The topological polar surface area (TPSA) is 108 Å². The van der Waals surface area contributed by atoms with E-state index in [0.717, 1.165) is 0 Å². The molecule has 0 spiro atoms. The highest BCUT2D eigenvalue weighted by atomic mass is 35.5. The second kappa shape index (κ2) is 5.33. The summed E-state index contributed by atoms with van der Waals surface area (Å²) in [5.74, 6) is 0.318. The number of rotatable bonds is 4. The number of hydrogen-bond donors (Lipinski definition) is 1. The van der Waals surface area contributed by atoms with Gasteiger partial charge in [-0.25, -0.2) is 0 Å². The maximum absolute atomic E-state index is 11.0. The molecule has 1 unspecified atom stereocenters. The molecule has 0 aliphatic rings. The van der Waals surface area contributed by atoms with Gasteiger partial charge in [0.2, 0.25) is 0 Å². The molecule has 1 aromatic carbocycles. The molecule has 2 rings (SSSR count). The molecule has 8 heteroatoms. The minimum absolute atomic E-state index is 0.0209. The standard InChI is InChI=1S/C11H11ClN4O3/c1-6(5-13)10-14-11(19-15-10)9-7(12)3-2-4-8(9)16(17)18/h2-4,6H,5,13H2,1H3. The molecular formula is C11H11ClN4O3. The van der Waals surface area contributed by atoms with Crippen molar-refractivity contribution in [1.29, 1.82) is 0 Å². The van der Waals surface area contributed by atoms with Crippen molar-refractivity contribution in [1.82, 2.24) is 10.1 Å². The van der Waals surface area contributed by atoms with Gasteiger partial charge < -0.3 is 10.3 Å². The molecule has 2 N–H and O–H groups in total. The van der Waals surface area contributed by atoms with E-state index in [0.29, 0.717) is 12.4 Å². The number of nitrogens with zero attached hydrogens (tertiary/aromatic N) is 3. The maximum Gasteiger partial charge on any atom is 0.283 e. The Hall–Kier alpha value is -1.99. The minimum atomic E-state index is -0.544. The van der Waals surface area contributed by atoms with Crippen LogP contribution in [0.3, 0.4) is 0 Å². The van der Waals surface area contributed by atoms with Crippen molar-refractivity contribution in [3.05, 3.63) is 39.2 Å². The number of aromatic nitrogens is 2. The molecule has 0 bridgehead atoms. The highest BCUT2D eigenvalue weighted by molar-refractivity contribution is 6.33. The zero-order chi connectivity index (χ0) is 14.0. The normalized spacial score (nSPS) is 12.4.